The summed E-state index contributed by atoms with van der Waals surface area (Å²) < 4.78 is 7.42. The molecule has 39 heavy (non-hydrogen) atoms. The average molecular weight is 527 g/mol. The Labute approximate surface area is 228 Å². The number of hydrogen-bond acceptors (Lipinski definition) is 5. The van der Waals surface area contributed by atoms with Gasteiger partial charge in [-0.1, -0.05) is 54.6 Å². The number of hydroxylamine groups is 2. The largest absolute Gasteiger partial charge is 0.444 e. The van der Waals surface area contributed by atoms with E-state index in [1.54, 1.807) is 25.3 Å². The molecule has 2 N–H and O–H groups in total. The van der Waals surface area contributed by atoms with Crippen LogP contribution in [0.25, 0.3) is 28.2 Å². The van der Waals surface area contributed by atoms with Gasteiger partial charge in [0, 0.05) is 23.9 Å². The molecule has 202 valence electrons. The minimum atomic E-state index is -0.563. The topological polar surface area (TPSA) is 96.2 Å². The van der Waals surface area contributed by atoms with Crippen molar-refractivity contribution in [3.8, 4) is 22.5 Å². The number of benzene rings is 2. The van der Waals surface area contributed by atoms with Crippen LogP contribution >= 0.6 is 0 Å². The van der Waals surface area contributed by atoms with Crippen molar-refractivity contribution in [2.75, 3.05) is 6.54 Å². The molecule has 5 rings (SSSR count). The number of ether oxygens (including phenoxy) is 1. The second-order valence-electron chi connectivity index (χ2n) is 11.0. The second-order valence-corrected chi connectivity index (χ2v) is 11.0. The summed E-state index contributed by atoms with van der Waals surface area (Å²) in [5, 5.41) is 13.8. The Morgan fingerprint density at radius 1 is 1.03 bits per heavy atom. The van der Waals surface area contributed by atoms with E-state index < -0.39 is 23.1 Å². The van der Waals surface area contributed by atoms with Gasteiger partial charge in [0.05, 0.1) is 22.5 Å². The Kier molecular flexibility index (Phi) is 6.91. The smallest absolute Gasteiger partial charge is 0.408 e. The van der Waals surface area contributed by atoms with Gasteiger partial charge in [0.1, 0.15) is 11.2 Å². The molecular formula is C31H34N4O4. The third-order valence-corrected chi connectivity index (χ3v) is 7.10. The van der Waals surface area contributed by atoms with Crippen LogP contribution in [-0.4, -0.2) is 43.8 Å². The maximum atomic E-state index is 12.7. The molecule has 2 aromatic heterocycles. The normalized spacial score (nSPS) is 14.5. The van der Waals surface area contributed by atoms with Crippen molar-refractivity contribution in [3.63, 3.8) is 0 Å². The highest BCUT2D eigenvalue weighted by Crippen LogP contribution is 2.42. The van der Waals surface area contributed by atoms with Crippen LogP contribution in [0, 0.1) is 0 Å². The summed E-state index contributed by atoms with van der Waals surface area (Å²) in [6, 6.07) is 21.5. The van der Waals surface area contributed by atoms with Gasteiger partial charge in [0.15, 0.2) is 0 Å². The quantitative estimate of drug-likeness (QED) is 0.223. The molecule has 4 aromatic rings. The molecule has 0 aliphatic heterocycles. The van der Waals surface area contributed by atoms with E-state index in [2.05, 4.69) is 5.32 Å². The molecule has 0 saturated heterocycles. The van der Waals surface area contributed by atoms with Gasteiger partial charge in [-0.2, -0.15) is 0 Å². The zero-order chi connectivity index (χ0) is 27.8. The van der Waals surface area contributed by atoms with Gasteiger partial charge in [-0.25, -0.2) is 14.8 Å². The molecule has 1 aliphatic carbocycles. The third kappa shape index (κ3) is 5.25. The molecule has 2 amide bonds. The van der Waals surface area contributed by atoms with Crippen molar-refractivity contribution < 1.29 is 19.5 Å². The zero-order valence-corrected chi connectivity index (χ0v) is 22.8. The average Bonchev–Trinajstić information content (AvgIpc) is 3.28. The summed E-state index contributed by atoms with van der Waals surface area (Å²) in [6.45, 7) is 7.47. The van der Waals surface area contributed by atoms with Crippen LogP contribution < -0.4 is 5.32 Å². The molecule has 0 radical (unpaired) electrons. The van der Waals surface area contributed by atoms with Gasteiger partial charge < -0.3 is 10.1 Å². The Hall–Kier alpha value is -4.17. The summed E-state index contributed by atoms with van der Waals surface area (Å²) in [5.41, 5.74) is 4.57. The van der Waals surface area contributed by atoms with Crippen molar-refractivity contribution in [1.29, 1.82) is 0 Å². The standard InChI is InChI=1S/C31H34N4O4/c1-5-35(38)28(36)23-14-17-25-32-26(27(34(25)20-23)22-10-7-6-8-11-22)21-12-15-24(16-13-21)31(18-9-19-31)33-29(37)39-30(2,3)4/h6-8,10-17,20,38H,5,9,18-19H2,1-4H3,(H,33,37). The molecule has 0 spiro atoms. The summed E-state index contributed by atoms with van der Waals surface area (Å²) in [4.78, 5) is 30.2. The summed E-state index contributed by atoms with van der Waals surface area (Å²) in [5.74, 6) is -0.471. The van der Waals surface area contributed by atoms with Crippen molar-refractivity contribution in [2.24, 2.45) is 0 Å². The van der Waals surface area contributed by atoms with Gasteiger partial charge in [-0.3, -0.25) is 14.4 Å². The van der Waals surface area contributed by atoms with Crippen molar-refractivity contribution >= 4 is 17.6 Å². The van der Waals surface area contributed by atoms with Gasteiger partial charge >= 0.3 is 6.09 Å². The number of imidazole rings is 1. The lowest BCUT2D eigenvalue weighted by Crippen LogP contribution is -2.52. The van der Waals surface area contributed by atoms with Gasteiger partial charge in [-0.05, 0) is 64.7 Å². The lowest BCUT2D eigenvalue weighted by molar-refractivity contribution is -0.0542. The van der Waals surface area contributed by atoms with Crippen LogP contribution in [0.5, 0.6) is 0 Å². The highest BCUT2D eigenvalue weighted by atomic mass is 16.6. The number of carbonyl (C=O) groups is 2. The number of rotatable bonds is 6. The van der Waals surface area contributed by atoms with E-state index in [0.29, 0.717) is 16.3 Å². The van der Waals surface area contributed by atoms with Crippen molar-refractivity contribution in [1.82, 2.24) is 19.8 Å². The molecule has 1 saturated carbocycles. The highest BCUT2D eigenvalue weighted by molar-refractivity contribution is 5.94. The molecule has 8 heteroatoms. The molecule has 0 unspecified atom stereocenters. The fourth-order valence-corrected chi connectivity index (χ4v) is 5.00. The molecular weight excluding hydrogens is 492 g/mol. The van der Waals surface area contributed by atoms with Crippen molar-refractivity contribution in [2.45, 2.75) is 58.1 Å². The number of carbonyl (C=O) groups excluding carboxylic acids is 2. The van der Waals surface area contributed by atoms with E-state index in [-0.39, 0.29) is 6.54 Å². The van der Waals surface area contributed by atoms with Crippen LogP contribution in [0.3, 0.4) is 0 Å². The Balaban J connectivity index is 1.54. The van der Waals surface area contributed by atoms with Crippen molar-refractivity contribution in [3.05, 3.63) is 84.1 Å². The molecule has 2 aromatic carbocycles. The minimum Gasteiger partial charge on any atom is -0.444 e. The number of nitrogens with one attached hydrogen (secondary N) is 1. The predicted molar refractivity (Wildman–Crippen MR) is 149 cm³/mol. The fourth-order valence-electron chi connectivity index (χ4n) is 5.00. The first-order valence-corrected chi connectivity index (χ1v) is 13.3. The summed E-state index contributed by atoms with van der Waals surface area (Å²) in [6.07, 6.45) is 4.05. The van der Waals surface area contributed by atoms with Crippen LogP contribution in [-0.2, 0) is 10.3 Å². The Morgan fingerprint density at radius 3 is 2.31 bits per heavy atom. The molecule has 8 nitrogen and oxygen atoms in total. The number of alkyl carbamates (subject to hydrolysis) is 1. The van der Waals surface area contributed by atoms with Crippen LogP contribution in [0.1, 0.15) is 62.9 Å². The lowest BCUT2D eigenvalue weighted by atomic mass is 9.71. The van der Waals surface area contributed by atoms with E-state index in [1.165, 1.54) is 0 Å². The number of aromatic nitrogens is 2. The van der Waals surface area contributed by atoms with Gasteiger partial charge in [0.2, 0.25) is 0 Å². The van der Waals surface area contributed by atoms with Crippen LogP contribution in [0.2, 0.25) is 0 Å². The van der Waals surface area contributed by atoms with Crippen LogP contribution in [0.4, 0.5) is 4.79 Å². The number of fused-ring (bicyclic) bond motifs is 1. The Bertz CT molecular complexity index is 1500. The number of nitrogens with zero attached hydrogens (tertiary/aromatic N) is 3. The van der Waals surface area contributed by atoms with E-state index >= 15 is 0 Å². The number of amides is 2. The number of pyridine rings is 1. The second kappa shape index (κ2) is 10.2. The SMILES string of the molecule is CCN(O)C(=O)c1ccc2nc(-c3ccc(C4(NC(=O)OC(C)(C)C)CCC4)cc3)c(-c3ccccc3)n2c1. The van der Waals surface area contributed by atoms with Crippen LogP contribution in [0.15, 0.2) is 72.9 Å². The lowest BCUT2D eigenvalue weighted by Gasteiger charge is -2.43. The molecule has 0 bridgehead atoms. The first-order valence-electron chi connectivity index (χ1n) is 13.3. The maximum absolute atomic E-state index is 12.7. The Morgan fingerprint density at radius 2 is 1.72 bits per heavy atom. The third-order valence-electron chi connectivity index (χ3n) is 7.10. The molecule has 1 aliphatic rings. The first-order chi connectivity index (χ1) is 18.6. The van der Waals surface area contributed by atoms with Gasteiger partial charge in [-0.15, -0.1) is 0 Å². The van der Waals surface area contributed by atoms with E-state index in [9.17, 15) is 14.8 Å². The highest BCUT2D eigenvalue weighted by Gasteiger charge is 2.41. The van der Waals surface area contributed by atoms with E-state index in [0.717, 1.165) is 47.3 Å². The zero-order valence-electron chi connectivity index (χ0n) is 22.8. The van der Waals surface area contributed by atoms with Gasteiger partial charge in [0.25, 0.3) is 5.91 Å². The minimum absolute atomic E-state index is 0.189. The van der Waals surface area contributed by atoms with E-state index in [1.807, 2.05) is 79.8 Å². The molecule has 1 fully saturated rings. The summed E-state index contributed by atoms with van der Waals surface area (Å²) in [7, 11) is 0. The molecule has 2 heterocycles. The number of hydrogen-bond donors (Lipinski definition) is 2. The van der Waals surface area contributed by atoms with E-state index in [4.69, 9.17) is 9.72 Å². The monoisotopic (exact) mass is 526 g/mol. The summed E-state index contributed by atoms with van der Waals surface area (Å²) >= 11 is 0. The predicted octanol–water partition coefficient (Wildman–Crippen LogP) is 6.42. The maximum Gasteiger partial charge on any atom is 0.408 e. The molecule has 0 atom stereocenters. The fraction of sp³-hybridized carbons (Fsp3) is 0.323. The first kappa shape index (κ1) is 26.4.